The Morgan fingerprint density at radius 3 is 2.38 bits per heavy atom. The van der Waals surface area contributed by atoms with Crippen molar-refractivity contribution in [3.05, 3.63) is 52.3 Å². The molecule has 0 saturated carbocycles. The first-order valence-electron chi connectivity index (χ1n) is 9.15. The van der Waals surface area contributed by atoms with Crippen LogP contribution in [0.1, 0.15) is 63.2 Å². The van der Waals surface area contributed by atoms with Crippen molar-refractivity contribution in [3.8, 4) is 0 Å². The second-order valence-corrected chi connectivity index (χ2v) is 6.48. The number of nitrogens with one attached hydrogen (secondary N) is 2. The predicted octanol–water partition coefficient (Wildman–Crippen LogP) is 3.19. The number of aryl methyl sites for hydroxylation is 1. The van der Waals surface area contributed by atoms with Crippen molar-refractivity contribution < 1.29 is 28.7 Å². The second kappa shape index (κ2) is 9.18. The number of amides is 1. The van der Waals surface area contributed by atoms with Gasteiger partial charge in [-0.25, -0.2) is 9.59 Å². The number of carbonyl (C=O) groups excluding carboxylic acids is 4. The summed E-state index contributed by atoms with van der Waals surface area (Å²) in [7, 11) is 0. The number of aromatic nitrogens is 1. The van der Waals surface area contributed by atoms with Crippen LogP contribution in [-0.2, 0) is 14.3 Å². The van der Waals surface area contributed by atoms with Crippen LogP contribution in [0, 0.1) is 13.8 Å². The molecule has 2 rings (SSSR count). The highest BCUT2D eigenvalue weighted by atomic mass is 16.5. The fourth-order valence-electron chi connectivity index (χ4n) is 2.87. The van der Waals surface area contributed by atoms with Gasteiger partial charge in [0.15, 0.2) is 11.9 Å². The molecule has 1 aromatic carbocycles. The molecule has 0 spiro atoms. The molecule has 0 fully saturated rings. The van der Waals surface area contributed by atoms with Gasteiger partial charge in [0.25, 0.3) is 5.91 Å². The van der Waals surface area contributed by atoms with Gasteiger partial charge in [0, 0.05) is 11.3 Å². The molecular formula is C21H24N2O6. The van der Waals surface area contributed by atoms with Crippen molar-refractivity contribution in [2.24, 2.45) is 0 Å². The van der Waals surface area contributed by atoms with Gasteiger partial charge in [-0.1, -0.05) is 12.1 Å². The molecule has 8 heteroatoms. The van der Waals surface area contributed by atoms with E-state index in [1.54, 1.807) is 45.0 Å². The maximum Gasteiger partial charge on any atom is 0.355 e. The number of hydrogen-bond acceptors (Lipinski definition) is 6. The minimum Gasteiger partial charge on any atom is -0.461 e. The molecule has 1 aromatic heterocycles. The number of benzene rings is 1. The summed E-state index contributed by atoms with van der Waals surface area (Å²) in [6.07, 6.45) is -1.12. The van der Waals surface area contributed by atoms with Crippen LogP contribution in [0.3, 0.4) is 0 Å². The highest BCUT2D eigenvalue weighted by Crippen LogP contribution is 2.21. The molecule has 2 aromatic rings. The van der Waals surface area contributed by atoms with Gasteiger partial charge in [-0.05, 0) is 52.3 Å². The number of rotatable bonds is 7. The van der Waals surface area contributed by atoms with Crippen LogP contribution in [-0.4, -0.2) is 41.3 Å². The Bertz CT molecular complexity index is 960. The van der Waals surface area contributed by atoms with E-state index in [1.165, 1.54) is 13.8 Å². The smallest absolute Gasteiger partial charge is 0.355 e. The van der Waals surface area contributed by atoms with Gasteiger partial charge in [-0.15, -0.1) is 0 Å². The average molecular weight is 400 g/mol. The maximum absolute atomic E-state index is 12.6. The Morgan fingerprint density at radius 1 is 1.10 bits per heavy atom. The van der Waals surface area contributed by atoms with Crippen LogP contribution in [0.2, 0.25) is 0 Å². The van der Waals surface area contributed by atoms with Crippen molar-refractivity contribution in [1.29, 1.82) is 0 Å². The third kappa shape index (κ3) is 4.90. The fourth-order valence-corrected chi connectivity index (χ4v) is 2.87. The van der Waals surface area contributed by atoms with Crippen molar-refractivity contribution in [2.75, 3.05) is 11.9 Å². The first-order valence-corrected chi connectivity index (χ1v) is 9.15. The molecule has 0 radical (unpaired) electrons. The molecule has 8 nitrogen and oxygen atoms in total. The Morgan fingerprint density at radius 2 is 1.76 bits per heavy atom. The number of Topliss-reactive ketones (excluding diaryl/α,β-unsaturated/α-hetero) is 1. The SMILES string of the molecule is CCOC(=O)c1[nH]c(C)c(C(=O)O[C@@H](C)C(=O)Nc2ccccc2C(C)=O)c1C. The monoisotopic (exact) mass is 400 g/mol. The van der Waals surface area contributed by atoms with Crippen molar-refractivity contribution in [3.63, 3.8) is 0 Å². The summed E-state index contributed by atoms with van der Waals surface area (Å²) < 4.78 is 10.2. The van der Waals surface area contributed by atoms with Gasteiger partial charge < -0.3 is 19.8 Å². The summed E-state index contributed by atoms with van der Waals surface area (Å²) >= 11 is 0. The van der Waals surface area contributed by atoms with E-state index in [-0.39, 0.29) is 23.6 Å². The zero-order valence-corrected chi connectivity index (χ0v) is 17.0. The molecule has 0 unspecified atom stereocenters. The number of ether oxygens (including phenoxy) is 2. The first-order chi connectivity index (χ1) is 13.7. The summed E-state index contributed by atoms with van der Waals surface area (Å²) in [6, 6.07) is 6.56. The van der Waals surface area contributed by atoms with Crippen LogP contribution in [0.25, 0.3) is 0 Å². The standard InChI is InChI=1S/C21H24N2O6/c1-6-28-21(27)18-11(2)17(12(3)22-18)20(26)29-14(5)19(25)23-16-10-8-7-9-15(16)13(4)24/h7-10,14,22H,6H2,1-5H3,(H,23,25)/t14-/m0/s1. The summed E-state index contributed by atoms with van der Waals surface area (Å²) in [5, 5.41) is 2.60. The molecule has 0 aliphatic carbocycles. The summed E-state index contributed by atoms with van der Waals surface area (Å²) in [6.45, 7) is 7.93. The normalized spacial score (nSPS) is 11.5. The number of para-hydroxylation sites is 1. The number of aromatic amines is 1. The molecule has 1 amide bonds. The Balaban J connectivity index is 2.14. The minimum atomic E-state index is -1.12. The number of anilines is 1. The average Bonchev–Trinajstić information content (AvgIpc) is 2.96. The van der Waals surface area contributed by atoms with E-state index in [4.69, 9.17) is 9.47 Å². The predicted molar refractivity (Wildman–Crippen MR) is 106 cm³/mol. The lowest BCUT2D eigenvalue weighted by atomic mass is 10.1. The molecule has 1 heterocycles. The zero-order valence-electron chi connectivity index (χ0n) is 17.0. The number of H-pyrrole nitrogens is 1. The van der Waals surface area contributed by atoms with Gasteiger partial charge in [-0.2, -0.15) is 0 Å². The Hall–Kier alpha value is -3.42. The van der Waals surface area contributed by atoms with Crippen LogP contribution >= 0.6 is 0 Å². The van der Waals surface area contributed by atoms with Crippen molar-refractivity contribution in [1.82, 2.24) is 4.98 Å². The topological polar surface area (TPSA) is 115 Å². The van der Waals surface area contributed by atoms with Gasteiger partial charge in [0.1, 0.15) is 5.69 Å². The quantitative estimate of drug-likeness (QED) is 0.545. The van der Waals surface area contributed by atoms with Crippen LogP contribution in [0.4, 0.5) is 5.69 Å². The molecular weight excluding hydrogens is 376 g/mol. The van der Waals surface area contributed by atoms with E-state index >= 15 is 0 Å². The highest BCUT2D eigenvalue weighted by Gasteiger charge is 2.27. The van der Waals surface area contributed by atoms with E-state index in [2.05, 4.69) is 10.3 Å². The van der Waals surface area contributed by atoms with Crippen molar-refractivity contribution in [2.45, 2.75) is 40.7 Å². The molecule has 154 valence electrons. The molecule has 0 aliphatic rings. The van der Waals surface area contributed by atoms with Gasteiger partial charge >= 0.3 is 11.9 Å². The lowest BCUT2D eigenvalue weighted by Gasteiger charge is -2.15. The van der Waals surface area contributed by atoms with E-state index in [9.17, 15) is 19.2 Å². The zero-order chi connectivity index (χ0) is 21.7. The Labute approximate surface area is 168 Å². The molecule has 0 aliphatic heterocycles. The molecule has 1 atom stereocenters. The lowest BCUT2D eigenvalue weighted by molar-refractivity contribution is -0.123. The number of hydrogen-bond donors (Lipinski definition) is 2. The molecule has 2 N–H and O–H groups in total. The van der Waals surface area contributed by atoms with Crippen molar-refractivity contribution >= 4 is 29.3 Å². The van der Waals surface area contributed by atoms with Crippen LogP contribution in [0.15, 0.2) is 24.3 Å². The number of ketones is 1. The Kier molecular flexibility index (Phi) is 6.93. The van der Waals surface area contributed by atoms with E-state index in [0.717, 1.165) is 0 Å². The third-order valence-corrected chi connectivity index (χ3v) is 4.34. The summed E-state index contributed by atoms with van der Waals surface area (Å²) in [5.74, 6) is -2.09. The van der Waals surface area contributed by atoms with Gasteiger partial charge in [0.05, 0.1) is 17.9 Å². The highest BCUT2D eigenvalue weighted by molar-refractivity contribution is 6.05. The van der Waals surface area contributed by atoms with Gasteiger partial charge in [0.2, 0.25) is 0 Å². The van der Waals surface area contributed by atoms with Crippen LogP contribution in [0.5, 0.6) is 0 Å². The van der Waals surface area contributed by atoms with E-state index in [1.807, 2.05) is 0 Å². The lowest BCUT2D eigenvalue weighted by Crippen LogP contribution is -2.30. The largest absolute Gasteiger partial charge is 0.461 e. The minimum absolute atomic E-state index is 0.170. The molecule has 0 bridgehead atoms. The third-order valence-electron chi connectivity index (χ3n) is 4.34. The van der Waals surface area contributed by atoms with Gasteiger partial charge in [-0.3, -0.25) is 9.59 Å². The first kappa shape index (κ1) is 21.9. The summed E-state index contributed by atoms with van der Waals surface area (Å²) in [5.41, 5.74) is 1.87. The number of esters is 2. The second-order valence-electron chi connectivity index (χ2n) is 6.48. The number of carbonyl (C=O) groups is 4. The fraction of sp³-hybridized carbons (Fsp3) is 0.333. The van der Waals surface area contributed by atoms with Crippen LogP contribution < -0.4 is 5.32 Å². The molecule has 0 saturated heterocycles. The van der Waals surface area contributed by atoms with E-state index in [0.29, 0.717) is 22.5 Å². The van der Waals surface area contributed by atoms with E-state index < -0.39 is 23.9 Å². The maximum atomic E-state index is 12.6. The molecule has 29 heavy (non-hydrogen) atoms. The summed E-state index contributed by atoms with van der Waals surface area (Å²) in [4.78, 5) is 51.5.